The third-order valence-corrected chi connectivity index (χ3v) is 3.68. The molecule has 1 N–H and O–H groups in total. The van der Waals surface area contributed by atoms with Gasteiger partial charge in [0, 0.05) is 6.20 Å². The van der Waals surface area contributed by atoms with E-state index in [1.54, 1.807) is 11.3 Å². The van der Waals surface area contributed by atoms with Gasteiger partial charge in [-0.05, 0) is 37.1 Å². The van der Waals surface area contributed by atoms with Crippen LogP contribution in [0.15, 0.2) is 36.7 Å². The molecule has 0 fully saturated rings. The molecule has 0 aliphatic heterocycles. The van der Waals surface area contributed by atoms with Gasteiger partial charge in [0.1, 0.15) is 0 Å². The second kappa shape index (κ2) is 4.38. The Labute approximate surface area is 110 Å². The molecule has 90 valence electrons. The van der Waals surface area contributed by atoms with Crippen molar-refractivity contribution in [1.29, 1.82) is 0 Å². The van der Waals surface area contributed by atoms with Crippen LogP contribution in [0, 0.1) is 13.8 Å². The Morgan fingerprint density at radius 1 is 1.17 bits per heavy atom. The molecule has 3 rings (SSSR count). The molecule has 2 aromatic heterocycles. The summed E-state index contributed by atoms with van der Waals surface area (Å²) in [7, 11) is 0. The van der Waals surface area contributed by atoms with E-state index < -0.39 is 0 Å². The minimum absolute atomic E-state index is 0.909. The fourth-order valence-corrected chi connectivity index (χ4v) is 2.85. The van der Waals surface area contributed by atoms with Crippen LogP contribution in [-0.4, -0.2) is 9.97 Å². The molecule has 0 atom stereocenters. The van der Waals surface area contributed by atoms with Gasteiger partial charge in [-0.1, -0.05) is 23.5 Å². The van der Waals surface area contributed by atoms with Gasteiger partial charge in [-0.3, -0.25) is 4.98 Å². The Bertz CT molecular complexity index is 703. The minimum Gasteiger partial charge on any atom is -0.330 e. The third kappa shape index (κ3) is 2.07. The van der Waals surface area contributed by atoms with E-state index in [0.717, 1.165) is 21.9 Å². The van der Waals surface area contributed by atoms with Crippen molar-refractivity contribution in [2.75, 3.05) is 5.32 Å². The molecular formula is C14H13N3S. The number of thiazole rings is 1. The lowest BCUT2D eigenvalue weighted by Crippen LogP contribution is -1.90. The molecular weight excluding hydrogens is 242 g/mol. The van der Waals surface area contributed by atoms with E-state index in [1.165, 1.54) is 10.3 Å². The molecule has 1 aromatic carbocycles. The first-order valence-electron chi connectivity index (χ1n) is 5.77. The van der Waals surface area contributed by atoms with Crippen LogP contribution in [0.4, 0.5) is 10.8 Å². The molecule has 0 saturated heterocycles. The van der Waals surface area contributed by atoms with E-state index in [-0.39, 0.29) is 0 Å². The highest BCUT2D eigenvalue weighted by Crippen LogP contribution is 2.29. The van der Waals surface area contributed by atoms with E-state index in [2.05, 4.69) is 46.5 Å². The van der Waals surface area contributed by atoms with E-state index >= 15 is 0 Å². The van der Waals surface area contributed by atoms with Crippen LogP contribution < -0.4 is 5.32 Å². The normalized spacial score (nSPS) is 10.8. The molecule has 0 amide bonds. The summed E-state index contributed by atoms with van der Waals surface area (Å²) < 4.78 is 1.21. The predicted octanol–water partition coefficient (Wildman–Crippen LogP) is 4.05. The number of pyridine rings is 1. The summed E-state index contributed by atoms with van der Waals surface area (Å²) in [6, 6.07) is 8.31. The summed E-state index contributed by atoms with van der Waals surface area (Å²) in [5, 5.41) is 4.22. The van der Waals surface area contributed by atoms with Crippen molar-refractivity contribution in [2.45, 2.75) is 13.8 Å². The maximum atomic E-state index is 4.62. The van der Waals surface area contributed by atoms with Crippen molar-refractivity contribution >= 4 is 32.4 Å². The highest BCUT2D eigenvalue weighted by Gasteiger charge is 2.05. The summed E-state index contributed by atoms with van der Waals surface area (Å²) in [5.41, 5.74) is 4.40. The van der Waals surface area contributed by atoms with Crippen LogP contribution >= 0.6 is 11.3 Å². The fraction of sp³-hybridized carbons (Fsp3) is 0.143. The van der Waals surface area contributed by atoms with Crippen molar-refractivity contribution < 1.29 is 0 Å². The van der Waals surface area contributed by atoms with Gasteiger partial charge in [0.2, 0.25) is 0 Å². The number of aryl methyl sites for hydroxylation is 2. The maximum absolute atomic E-state index is 4.62. The number of hydrogen-bond donors (Lipinski definition) is 1. The molecule has 3 aromatic rings. The minimum atomic E-state index is 0.909. The Balaban J connectivity index is 1.98. The Kier molecular flexibility index (Phi) is 2.72. The van der Waals surface area contributed by atoms with Gasteiger partial charge in [0.25, 0.3) is 0 Å². The van der Waals surface area contributed by atoms with Crippen molar-refractivity contribution in [1.82, 2.24) is 9.97 Å². The van der Waals surface area contributed by atoms with E-state index in [0.29, 0.717) is 0 Å². The first-order valence-corrected chi connectivity index (χ1v) is 6.59. The number of rotatable bonds is 2. The van der Waals surface area contributed by atoms with Crippen molar-refractivity contribution in [3.05, 3.63) is 47.8 Å². The van der Waals surface area contributed by atoms with Crippen molar-refractivity contribution in [3.63, 3.8) is 0 Å². The van der Waals surface area contributed by atoms with Gasteiger partial charge in [0.05, 0.1) is 22.1 Å². The summed E-state index contributed by atoms with van der Waals surface area (Å²) in [5.74, 6) is 0. The zero-order chi connectivity index (χ0) is 12.5. The fourth-order valence-electron chi connectivity index (χ4n) is 1.89. The molecule has 2 heterocycles. The summed E-state index contributed by atoms with van der Waals surface area (Å²) >= 11 is 1.66. The number of benzene rings is 1. The highest BCUT2D eigenvalue weighted by molar-refractivity contribution is 7.22. The molecule has 3 nitrogen and oxygen atoms in total. The van der Waals surface area contributed by atoms with Gasteiger partial charge in [-0.2, -0.15) is 0 Å². The monoisotopic (exact) mass is 255 g/mol. The highest BCUT2D eigenvalue weighted by atomic mass is 32.1. The number of nitrogens with zero attached hydrogens (tertiary/aromatic N) is 2. The van der Waals surface area contributed by atoms with Crippen molar-refractivity contribution in [2.24, 2.45) is 0 Å². The molecule has 0 spiro atoms. The predicted molar refractivity (Wildman–Crippen MR) is 76.6 cm³/mol. The van der Waals surface area contributed by atoms with Crippen LogP contribution in [0.3, 0.4) is 0 Å². The van der Waals surface area contributed by atoms with E-state index in [1.807, 2.05) is 19.3 Å². The lowest BCUT2D eigenvalue weighted by molar-refractivity contribution is 1.26. The second-order valence-electron chi connectivity index (χ2n) is 4.32. The third-order valence-electron chi connectivity index (χ3n) is 2.75. The average molecular weight is 255 g/mol. The van der Waals surface area contributed by atoms with Gasteiger partial charge in [0.15, 0.2) is 5.13 Å². The van der Waals surface area contributed by atoms with Crippen LogP contribution in [0.2, 0.25) is 0 Å². The number of fused-ring (bicyclic) bond motifs is 1. The first-order chi connectivity index (χ1) is 8.72. The smallest absolute Gasteiger partial charge is 0.188 e. The number of aromatic nitrogens is 2. The van der Waals surface area contributed by atoms with Gasteiger partial charge < -0.3 is 5.32 Å². The standard InChI is InChI=1S/C14H13N3S/c1-9-6-11(8-15-7-9)16-14-17-13-10(2)4-3-5-12(13)18-14/h3-8H,1-2H3,(H,16,17). The molecule has 0 aliphatic carbocycles. The molecule has 0 unspecified atom stereocenters. The Hall–Kier alpha value is -1.94. The number of hydrogen-bond acceptors (Lipinski definition) is 4. The second-order valence-corrected chi connectivity index (χ2v) is 5.35. The summed E-state index contributed by atoms with van der Waals surface area (Å²) in [4.78, 5) is 8.78. The van der Waals surface area contributed by atoms with Crippen LogP contribution in [0.1, 0.15) is 11.1 Å². The van der Waals surface area contributed by atoms with Crippen LogP contribution in [0.25, 0.3) is 10.2 Å². The van der Waals surface area contributed by atoms with Gasteiger partial charge >= 0.3 is 0 Å². The number of anilines is 2. The number of nitrogens with one attached hydrogen (secondary N) is 1. The molecule has 0 radical (unpaired) electrons. The largest absolute Gasteiger partial charge is 0.330 e. The molecule has 4 heteroatoms. The van der Waals surface area contributed by atoms with Crippen LogP contribution in [0.5, 0.6) is 0 Å². The van der Waals surface area contributed by atoms with Gasteiger partial charge in [-0.15, -0.1) is 0 Å². The number of para-hydroxylation sites is 1. The zero-order valence-electron chi connectivity index (χ0n) is 10.3. The molecule has 0 bridgehead atoms. The zero-order valence-corrected chi connectivity index (χ0v) is 11.1. The molecule has 0 aliphatic rings. The van der Waals surface area contributed by atoms with Gasteiger partial charge in [-0.25, -0.2) is 4.98 Å². The molecule has 0 saturated carbocycles. The lowest BCUT2D eigenvalue weighted by atomic mass is 10.2. The first kappa shape index (κ1) is 11.2. The Morgan fingerprint density at radius 3 is 2.83 bits per heavy atom. The quantitative estimate of drug-likeness (QED) is 0.750. The van der Waals surface area contributed by atoms with E-state index in [4.69, 9.17) is 0 Å². The Morgan fingerprint density at radius 2 is 2.06 bits per heavy atom. The SMILES string of the molecule is Cc1cncc(Nc2nc3c(C)cccc3s2)c1. The summed E-state index contributed by atoms with van der Waals surface area (Å²) in [6.45, 7) is 4.11. The van der Waals surface area contributed by atoms with E-state index in [9.17, 15) is 0 Å². The molecule has 18 heavy (non-hydrogen) atoms. The topological polar surface area (TPSA) is 37.8 Å². The maximum Gasteiger partial charge on any atom is 0.188 e. The summed E-state index contributed by atoms with van der Waals surface area (Å²) in [6.07, 6.45) is 3.65. The lowest BCUT2D eigenvalue weighted by Gasteiger charge is -2.01. The van der Waals surface area contributed by atoms with Crippen molar-refractivity contribution in [3.8, 4) is 0 Å². The van der Waals surface area contributed by atoms with Crippen LogP contribution in [-0.2, 0) is 0 Å². The average Bonchev–Trinajstić information content (AvgIpc) is 2.73.